The first-order valence-corrected chi connectivity index (χ1v) is 14.2. The van der Waals surface area contributed by atoms with Crippen LogP contribution in [0.1, 0.15) is 77.7 Å². The van der Waals surface area contributed by atoms with Crippen molar-refractivity contribution >= 4 is 23.8 Å². The number of oxazole rings is 1. The van der Waals surface area contributed by atoms with Gasteiger partial charge in [0.2, 0.25) is 11.8 Å². The third-order valence-electron chi connectivity index (χ3n) is 7.47. The maximum absolute atomic E-state index is 12.5. The van der Waals surface area contributed by atoms with Gasteiger partial charge in [0.15, 0.2) is 0 Å². The standard InChI is InChI=1S/C25H34N2O6.C6H8O3/c1-16-21(27-23(33-16)18-8-6-10-20(12-18)31-4)15-32-14-17-7-5-9-19(11-17)26-24(30)25(2,3)13-22(28)29;1-6(2)3-4(7)9-5(6)8/h6,8,10,12,17,19H,5,7,9,11,13-15H2,1-4H3,(H,26,30)(H,28,29);3H2,1-2H3. The third kappa shape index (κ3) is 9.14. The first-order valence-electron chi connectivity index (χ1n) is 14.2. The van der Waals surface area contributed by atoms with E-state index in [-0.39, 0.29) is 24.8 Å². The zero-order valence-electron chi connectivity index (χ0n) is 25.3. The van der Waals surface area contributed by atoms with E-state index in [2.05, 4.69) is 15.0 Å². The van der Waals surface area contributed by atoms with Gasteiger partial charge in [0, 0.05) is 18.2 Å². The molecule has 1 amide bonds. The molecule has 0 bridgehead atoms. The van der Waals surface area contributed by atoms with E-state index in [1.165, 1.54) is 0 Å². The Morgan fingerprint density at radius 1 is 1.21 bits per heavy atom. The number of aliphatic carboxylic acids is 1. The van der Waals surface area contributed by atoms with Gasteiger partial charge in [-0.3, -0.25) is 19.2 Å². The van der Waals surface area contributed by atoms with Gasteiger partial charge in [0.05, 0.1) is 37.4 Å². The van der Waals surface area contributed by atoms with Crippen LogP contribution < -0.4 is 10.1 Å². The molecular formula is C31H42N2O9. The fraction of sp³-hybridized carbons (Fsp3) is 0.581. The number of hydrogen-bond donors (Lipinski definition) is 2. The number of cyclic esters (lactones) is 2. The maximum atomic E-state index is 12.5. The molecule has 4 rings (SSSR count). The van der Waals surface area contributed by atoms with Crippen LogP contribution in [0.3, 0.4) is 0 Å². The van der Waals surface area contributed by atoms with Gasteiger partial charge in [-0.1, -0.05) is 26.3 Å². The van der Waals surface area contributed by atoms with Crippen LogP contribution in [0, 0.1) is 23.7 Å². The molecule has 2 aliphatic rings. The van der Waals surface area contributed by atoms with Gasteiger partial charge in [0.1, 0.15) is 17.2 Å². The number of carboxylic acids is 1. The van der Waals surface area contributed by atoms with Crippen LogP contribution >= 0.6 is 0 Å². The molecule has 11 nitrogen and oxygen atoms in total. The molecule has 1 saturated heterocycles. The number of carbonyl (C=O) groups is 4. The van der Waals surface area contributed by atoms with Crippen LogP contribution in [-0.4, -0.2) is 53.7 Å². The minimum absolute atomic E-state index is 0.0429. The van der Waals surface area contributed by atoms with E-state index in [0.717, 1.165) is 48.5 Å². The summed E-state index contributed by atoms with van der Waals surface area (Å²) in [6, 6.07) is 7.61. The highest BCUT2D eigenvalue weighted by atomic mass is 16.6. The van der Waals surface area contributed by atoms with Crippen molar-refractivity contribution in [3.05, 3.63) is 35.7 Å². The monoisotopic (exact) mass is 586 g/mol. The SMILES string of the molecule is CC1(C)CC(=O)OC1=O.COc1cccc(-c2nc(COCC3CCCC(NC(=O)C(C)(C)CC(=O)O)C3)c(C)o2)c1. The molecule has 1 aromatic carbocycles. The van der Waals surface area contributed by atoms with Crippen LogP contribution in [0.15, 0.2) is 28.7 Å². The molecular weight excluding hydrogens is 544 g/mol. The molecule has 1 aliphatic carbocycles. The fourth-order valence-corrected chi connectivity index (χ4v) is 4.89. The molecule has 2 aromatic rings. The number of carbonyl (C=O) groups excluding carboxylic acids is 3. The topological polar surface area (TPSA) is 154 Å². The van der Waals surface area contributed by atoms with Gasteiger partial charge >= 0.3 is 17.9 Å². The predicted octanol–water partition coefficient (Wildman–Crippen LogP) is 4.84. The first kappa shape index (κ1) is 32.8. The number of aryl methyl sites for hydroxylation is 1. The van der Waals surface area contributed by atoms with E-state index in [9.17, 15) is 19.2 Å². The minimum atomic E-state index is -0.970. The Hall–Kier alpha value is -3.73. The van der Waals surface area contributed by atoms with Crippen LogP contribution in [0.5, 0.6) is 5.75 Å². The zero-order chi connectivity index (χ0) is 31.1. The number of nitrogens with zero attached hydrogens (tertiary/aromatic N) is 1. The van der Waals surface area contributed by atoms with Crippen molar-refractivity contribution in [2.75, 3.05) is 13.7 Å². The molecule has 0 radical (unpaired) electrons. The van der Waals surface area contributed by atoms with E-state index < -0.39 is 28.7 Å². The van der Waals surface area contributed by atoms with Crippen molar-refractivity contribution in [2.45, 2.75) is 85.8 Å². The van der Waals surface area contributed by atoms with E-state index in [1.54, 1.807) is 34.8 Å². The second kappa shape index (κ2) is 14.0. The van der Waals surface area contributed by atoms with E-state index in [4.69, 9.17) is 19.0 Å². The number of rotatable bonds is 10. The summed E-state index contributed by atoms with van der Waals surface area (Å²) < 4.78 is 21.4. The summed E-state index contributed by atoms with van der Waals surface area (Å²) in [7, 11) is 1.62. The molecule has 2 heterocycles. The second-order valence-electron chi connectivity index (χ2n) is 12.2. The number of aromatic nitrogens is 1. The Morgan fingerprint density at radius 3 is 2.55 bits per heavy atom. The summed E-state index contributed by atoms with van der Waals surface area (Å²) >= 11 is 0. The smallest absolute Gasteiger partial charge is 0.319 e. The van der Waals surface area contributed by atoms with E-state index in [0.29, 0.717) is 25.0 Å². The van der Waals surface area contributed by atoms with Crippen molar-refractivity contribution in [3.63, 3.8) is 0 Å². The number of amides is 1. The van der Waals surface area contributed by atoms with E-state index in [1.807, 2.05) is 31.2 Å². The molecule has 230 valence electrons. The molecule has 2 unspecified atom stereocenters. The Labute approximate surface area is 246 Å². The number of nitrogens with one attached hydrogen (secondary N) is 1. The number of methoxy groups -OCH3 is 1. The van der Waals surface area contributed by atoms with Gasteiger partial charge in [0.25, 0.3) is 0 Å². The van der Waals surface area contributed by atoms with Gasteiger partial charge < -0.3 is 29.1 Å². The Morgan fingerprint density at radius 2 is 1.95 bits per heavy atom. The van der Waals surface area contributed by atoms with Crippen molar-refractivity contribution in [2.24, 2.45) is 16.7 Å². The van der Waals surface area contributed by atoms with Gasteiger partial charge in [-0.15, -0.1) is 0 Å². The Bertz CT molecular complexity index is 1280. The van der Waals surface area contributed by atoms with Crippen molar-refractivity contribution in [1.82, 2.24) is 10.3 Å². The highest BCUT2D eigenvalue weighted by Gasteiger charge is 2.40. The lowest BCUT2D eigenvalue weighted by Crippen LogP contribution is -2.45. The van der Waals surface area contributed by atoms with Crippen LogP contribution in [0.2, 0.25) is 0 Å². The molecule has 2 fully saturated rings. The number of hydrogen-bond acceptors (Lipinski definition) is 9. The lowest BCUT2D eigenvalue weighted by Gasteiger charge is -2.32. The molecule has 11 heteroatoms. The van der Waals surface area contributed by atoms with Crippen LogP contribution in [0.25, 0.3) is 11.5 Å². The average Bonchev–Trinajstić information content (AvgIpc) is 3.39. The molecule has 1 aliphatic heterocycles. The Kier molecular flexibility index (Phi) is 10.9. The molecule has 42 heavy (non-hydrogen) atoms. The van der Waals surface area contributed by atoms with Gasteiger partial charge in [-0.25, -0.2) is 4.98 Å². The van der Waals surface area contributed by atoms with Gasteiger partial charge in [-0.05, 0) is 64.2 Å². The highest BCUT2D eigenvalue weighted by Crippen LogP contribution is 2.30. The summed E-state index contributed by atoms with van der Waals surface area (Å²) in [6.07, 6.45) is 3.79. The summed E-state index contributed by atoms with van der Waals surface area (Å²) in [4.78, 5) is 49.2. The predicted molar refractivity (Wildman–Crippen MR) is 152 cm³/mol. The number of esters is 2. The van der Waals surface area contributed by atoms with Crippen LogP contribution in [-0.2, 0) is 35.3 Å². The molecule has 1 aromatic heterocycles. The molecule has 2 N–H and O–H groups in total. The first-order chi connectivity index (χ1) is 19.7. The lowest BCUT2D eigenvalue weighted by molar-refractivity contribution is -0.154. The minimum Gasteiger partial charge on any atom is -0.497 e. The van der Waals surface area contributed by atoms with Crippen LogP contribution in [0.4, 0.5) is 0 Å². The largest absolute Gasteiger partial charge is 0.497 e. The highest BCUT2D eigenvalue weighted by molar-refractivity contribution is 5.96. The number of ether oxygens (including phenoxy) is 3. The summed E-state index contributed by atoms with van der Waals surface area (Å²) in [5.41, 5.74) is 0.0985. The van der Waals surface area contributed by atoms with Crippen molar-refractivity contribution < 1.29 is 42.9 Å². The fourth-order valence-electron chi connectivity index (χ4n) is 4.89. The molecule has 2 atom stereocenters. The second-order valence-corrected chi connectivity index (χ2v) is 12.2. The van der Waals surface area contributed by atoms with E-state index >= 15 is 0 Å². The average molecular weight is 587 g/mol. The summed E-state index contributed by atoms with van der Waals surface area (Å²) in [5, 5.41) is 12.1. The Balaban J connectivity index is 0.000000458. The normalized spacial score (nSPS) is 19.9. The molecule has 0 spiro atoms. The third-order valence-corrected chi connectivity index (χ3v) is 7.47. The number of carboxylic acid groups (broad SMARTS) is 1. The molecule has 1 saturated carbocycles. The summed E-state index contributed by atoms with van der Waals surface area (Å²) in [5.74, 6) is 0.333. The number of benzene rings is 1. The zero-order valence-corrected chi connectivity index (χ0v) is 25.3. The maximum Gasteiger partial charge on any atom is 0.319 e. The summed E-state index contributed by atoms with van der Waals surface area (Å²) in [6.45, 7) is 9.53. The van der Waals surface area contributed by atoms with Crippen molar-refractivity contribution in [3.8, 4) is 17.2 Å². The van der Waals surface area contributed by atoms with Crippen molar-refractivity contribution in [1.29, 1.82) is 0 Å². The lowest BCUT2D eigenvalue weighted by atomic mass is 9.84. The quantitative estimate of drug-likeness (QED) is 0.292. The van der Waals surface area contributed by atoms with Gasteiger partial charge in [-0.2, -0.15) is 0 Å².